The molecule has 4 nitrogen and oxygen atoms in total. The SMILES string of the molecule is CCCC(CCC)C(=O)N[C@H]1C[C@H]2CO[C@@H](c3ccc(Cl)cc3)CN2C1. The van der Waals surface area contributed by atoms with Gasteiger partial charge in [0.25, 0.3) is 0 Å². The Morgan fingerprint density at radius 3 is 2.58 bits per heavy atom. The van der Waals surface area contributed by atoms with Gasteiger partial charge in [-0.3, -0.25) is 9.69 Å². The molecule has 2 saturated heterocycles. The molecule has 3 rings (SSSR count). The quantitative estimate of drug-likeness (QED) is 0.773. The predicted octanol–water partition coefficient (Wildman–Crippen LogP) is 4.19. The zero-order chi connectivity index (χ0) is 18.5. The van der Waals surface area contributed by atoms with E-state index in [2.05, 4.69) is 24.1 Å². The highest BCUT2D eigenvalue weighted by Crippen LogP contribution is 2.31. The van der Waals surface area contributed by atoms with Crippen LogP contribution in [0, 0.1) is 5.92 Å². The number of amides is 1. The highest BCUT2D eigenvalue weighted by molar-refractivity contribution is 6.30. The number of nitrogens with one attached hydrogen (secondary N) is 1. The van der Waals surface area contributed by atoms with Crippen molar-refractivity contribution in [2.24, 2.45) is 5.92 Å². The summed E-state index contributed by atoms with van der Waals surface area (Å²) >= 11 is 5.99. The Morgan fingerprint density at radius 1 is 1.23 bits per heavy atom. The molecule has 2 fully saturated rings. The summed E-state index contributed by atoms with van der Waals surface area (Å²) in [4.78, 5) is 15.1. The maximum atomic E-state index is 12.6. The van der Waals surface area contributed by atoms with Gasteiger partial charge < -0.3 is 10.1 Å². The maximum Gasteiger partial charge on any atom is 0.223 e. The standard InChI is InChI=1S/C21H31ClN2O2/c1-3-5-16(6-4-2)21(25)23-18-11-19-14-26-20(13-24(19)12-18)15-7-9-17(22)10-8-15/h7-10,16,18-20H,3-6,11-14H2,1-2H3,(H,23,25)/t18-,19-,20+/m0/s1. The minimum Gasteiger partial charge on any atom is -0.371 e. The predicted molar refractivity (Wildman–Crippen MR) is 105 cm³/mol. The lowest BCUT2D eigenvalue weighted by Crippen LogP contribution is -2.43. The van der Waals surface area contributed by atoms with E-state index in [1.165, 1.54) is 5.56 Å². The molecule has 26 heavy (non-hydrogen) atoms. The summed E-state index contributed by atoms with van der Waals surface area (Å²) < 4.78 is 6.10. The van der Waals surface area contributed by atoms with Crippen molar-refractivity contribution in [1.82, 2.24) is 10.2 Å². The fraction of sp³-hybridized carbons (Fsp3) is 0.667. The lowest BCUT2D eigenvalue weighted by atomic mass is 9.97. The van der Waals surface area contributed by atoms with E-state index in [9.17, 15) is 4.79 Å². The van der Waals surface area contributed by atoms with E-state index in [0.717, 1.165) is 56.8 Å². The van der Waals surface area contributed by atoms with Gasteiger partial charge in [0, 0.05) is 36.1 Å². The van der Waals surface area contributed by atoms with Crippen LogP contribution >= 0.6 is 11.6 Å². The minimum absolute atomic E-state index is 0.0888. The Bertz CT molecular complexity index is 586. The molecule has 144 valence electrons. The van der Waals surface area contributed by atoms with Gasteiger partial charge in [-0.05, 0) is 37.0 Å². The first-order chi connectivity index (χ1) is 12.6. The molecule has 0 unspecified atom stereocenters. The summed E-state index contributed by atoms with van der Waals surface area (Å²) in [6, 6.07) is 8.59. The molecule has 0 bridgehead atoms. The van der Waals surface area contributed by atoms with Crippen LogP contribution in [0.2, 0.25) is 5.02 Å². The van der Waals surface area contributed by atoms with Crippen LogP contribution in [0.15, 0.2) is 24.3 Å². The number of hydrogen-bond donors (Lipinski definition) is 1. The molecule has 0 radical (unpaired) electrons. The van der Waals surface area contributed by atoms with E-state index < -0.39 is 0 Å². The molecule has 1 aromatic rings. The van der Waals surface area contributed by atoms with E-state index in [0.29, 0.717) is 6.04 Å². The lowest BCUT2D eigenvalue weighted by molar-refractivity contribution is -0.126. The zero-order valence-corrected chi connectivity index (χ0v) is 16.7. The van der Waals surface area contributed by atoms with E-state index in [1.807, 2.05) is 24.3 Å². The molecule has 1 N–H and O–H groups in total. The minimum atomic E-state index is 0.0888. The van der Waals surface area contributed by atoms with Crippen LogP contribution in [0.4, 0.5) is 0 Å². The average molecular weight is 379 g/mol. The number of benzene rings is 1. The number of carbonyl (C=O) groups is 1. The van der Waals surface area contributed by atoms with Crippen molar-refractivity contribution in [1.29, 1.82) is 0 Å². The van der Waals surface area contributed by atoms with Gasteiger partial charge in [-0.15, -0.1) is 0 Å². The van der Waals surface area contributed by atoms with E-state index in [4.69, 9.17) is 16.3 Å². The first-order valence-electron chi connectivity index (χ1n) is 10.0. The molecule has 3 atom stereocenters. The van der Waals surface area contributed by atoms with Gasteiger partial charge in [0.05, 0.1) is 12.7 Å². The molecule has 1 amide bonds. The van der Waals surface area contributed by atoms with E-state index in [-0.39, 0.29) is 24.0 Å². The molecule has 0 spiro atoms. The van der Waals surface area contributed by atoms with Crippen LogP contribution in [0.3, 0.4) is 0 Å². The number of rotatable bonds is 7. The molecule has 1 aromatic carbocycles. The van der Waals surface area contributed by atoms with Crippen molar-refractivity contribution >= 4 is 17.5 Å². The second-order valence-corrected chi connectivity index (χ2v) is 8.13. The number of halogens is 1. The molecular weight excluding hydrogens is 348 g/mol. The van der Waals surface area contributed by atoms with Gasteiger partial charge in [-0.1, -0.05) is 50.4 Å². The van der Waals surface area contributed by atoms with Crippen LogP contribution in [0.5, 0.6) is 0 Å². The van der Waals surface area contributed by atoms with Gasteiger partial charge in [-0.25, -0.2) is 0 Å². The molecule has 0 aromatic heterocycles. The van der Waals surface area contributed by atoms with Gasteiger partial charge >= 0.3 is 0 Å². The molecule has 0 saturated carbocycles. The van der Waals surface area contributed by atoms with Gasteiger partial charge in [-0.2, -0.15) is 0 Å². The van der Waals surface area contributed by atoms with Gasteiger partial charge in [0.15, 0.2) is 0 Å². The maximum absolute atomic E-state index is 12.6. The fourth-order valence-corrected chi connectivity index (χ4v) is 4.41. The fourth-order valence-electron chi connectivity index (χ4n) is 4.28. The van der Waals surface area contributed by atoms with Crippen LogP contribution in [-0.2, 0) is 9.53 Å². The first kappa shape index (κ1) is 19.7. The summed E-state index contributed by atoms with van der Waals surface area (Å²) in [7, 11) is 0. The second-order valence-electron chi connectivity index (χ2n) is 7.70. The number of hydrogen-bond acceptors (Lipinski definition) is 3. The third-order valence-corrected chi connectivity index (χ3v) is 5.90. The average Bonchev–Trinajstić information content (AvgIpc) is 3.03. The van der Waals surface area contributed by atoms with E-state index in [1.54, 1.807) is 0 Å². The van der Waals surface area contributed by atoms with Gasteiger partial charge in [0.2, 0.25) is 5.91 Å². The highest BCUT2D eigenvalue weighted by atomic mass is 35.5. The molecular formula is C21H31ClN2O2. The second kappa shape index (κ2) is 9.20. The Morgan fingerprint density at radius 2 is 1.92 bits per heavy atom. The molecule has 2 aliphatic heterocycles. The number of ether oxygens (including phenoxy) is 1. The summed E-state index contributed by atoms with van der Waals surface area (Å²) in [5, 5.41) is 4.06. The summed E-state index contributed by atoms with van der Waals surface area (Å²) in [6.45, 7) is 6.84. The molecule has 5 heteroatoms. The summed E-state index contributed by atoms with van der Waals surface area (Å²) in [5.74, 6) is 0.411. The Kier molecular flexibility index (Phi) is 6.96. The summed E-state index contributed by atoms with van der Waals surface area (Å²) in [6.07, 6.45) is 5.18. The zero-order valence-electron chi connectivity index (χ0n) is 15.9. The normalized spacial score (nSPS) is 26.1. The summed E-state index contributed by atoms with van der Waals surface area (Å²) in [5.41, 5.74) is 1.17. The van der Waals surface area contributed by atoms with Crippen LogP contribution < -0.4 is 5.32 Å². The third-order valence-electron chi connectivity index (χ3n) is 5.65. The third kappa shape index (κ3) is 4.79. The van der Waals surface area contributed by atoms with Crippen molar-refractivity contribution in [2.45, 2.75) is 64.1 Å². The van der Waals surface area contributed by atoms with Crippen molar-refractivity contribution in [3.8, 4) is 0 Å². The largest absolute Gasteiger partial charge is 0.371 e. The molecule has 2 aliphatic rings. The number of carbonyl (C=O) groups excluding carboxylic acids is 1. The number of fused-ring (bicyclic) bond motifs is 1. The molecule has 0 aliphatic carbocycles. The Labute approximate surface area is 162 Å². The van der Waals surface area contributed by atoms with Crippen LogP contribution in [-0.4, -0.2) is 42.6 Å². The number of nitrogens with zero attached hydrogens (tertiary/aromatic N) is 1. The van der Waals surface area contributed by atoms with Crippen molar-refractivity contribution in [2.75, 3.05) is 19.7 Å². The highest BCUT2D eigenvalue weighted by Gasteiger charge is 2.38. The van der Waals surface area contributed by atoms with Crippen molar-refractivity contribution in [3.05, 3.63) is 34.9 Å². The topological polar surface area (TPSA) is 41.6 Å². The van der Waals surface area contributed by atoms with Gasteiger partial charge in [0.1, 0.15) is 0 Å². The van der Waals surface area contributed by atoms with E-state index >= 15 is 0 Å². The first-order valence-corrected chi connectivity index (χ1v) is 10.4. The smallest absolute Gasteiger partial charge is 0.223 e. The lowest BCUT2D eigenvalue weighted by Gasteiger charge is -2.35. The molecule has 2 heterocycles. The number of morpholine rings is 1. The van der Waals surface area contributed by atoms with Crippen molar-refractivity contribution < 1.29 is 9.53 Å². The Hall–Kier alpha value is -1.10. The monoisotopic (exact) mass is 378 g/mol. The Balaban J connectivity index is 1.54. The van der Waals surface area contributed by atoms with Crippen LogP contribution in [0.25, 0.3) is 0 Å². The van der Waals surface area contributed by atoms with Crippen molar-refractivity contribution in [3.63, 3.8) is 0 Å². The van der Waals surface area contributed by atoms with Crippen LogP contribution in [0.1, 0.15) is 57.6 Å².